The van der Waals surface area contributed by atoms with Crippen LogP contribution in [0, 0.1) is 28.1 Å². The Labute approximate surface area is 212 Å². The summed E-state index contributed by atoms with van der Waals surface area (Å²) in [6.45, 7) is 8.47. The average Bonchev–Trinajstić information content (AvgIpc) is 3.46. The summed E-state index contributed by atoms with van der Waals surface area (Å²) in [6, 6.07) is -1.08. The molecule has 13 heteroatoms. The van der Waals surface area contributed by atoms with E-state index in [-0.39, 0.29) is 18.8 Å². The van der Waals surface area contributed by atoms with Crippen molar-refractivity contribution in [3.63, 3.8) is 0 Å². The predicted octanol–water partition coefficient (Wildman–Crippen LogP) is -1.05. The van der Waals surface area contributed by atoms with Crippen LogP contribution in [-0.2, 0) is 42.9 Å². The summed E-state index contributed by atoms with van der Waals surface area (Å²) in [5.74, 6) is -5.41. The van der Waals surface area contributed by atoms with Gasteiger partial charge in [-0.2, -0.15) is 0 Å². The Morgan fingerprint density at radius 2 is 1.81 bits per heavy atom. The van der Waals surface area contributed by atoms with Crippen LogP contribution in [0.4, 0.5) is 0 Å². The number of carbonyl (C=O) groups is 4. The molecule has 0 radical (unpaired) electrons. The summed E-state index contributed by atoms with van der Waals surface area (Å²) in [6.07, 6.45) is -7.17. The van der Waals surface area contributed by atoms with Crippen LogP contribution in [0.5, 0.6) is 0 Å². The normalized spacial score (nSPS) is 52.4. The number of hydrogen-bond donors (Lipinski definition) is 3. The molecule has 4 aliphatic heterocycles. The fourth-order valence-electron chi connectivity index (χ4n) is 8.46. The molecule has 0 bridgehead atoms. The van der Waals surface area contributed by atoms with Crippen LogP contribution in [0.25, 0.3) is 0 Å². The van der Waals surface area contributed by atoms with E-state index >= 15 is 0 Å². The van der Waals surface area contributed by atoms with Crippen molar-refractivity contribution < 1.29 is 53.1 Å². The van der Waals surface area contributed by atoms with Gasteiger partial charge in [0.25, 0.3) is 0 Å². The highest BCUT2D eigenvalue weighted by Crippen LogP contribution is 2.84. The average molecular weight is 532 g/mol. The lowest BCUT2D eigenvalue weighted by Crippen LogP contribution is -2.67. The minimum Gasteiger partial charge on any atom is -0.459 e. The Kier molecular flexibility index (Phi) is 4.92. The number of aliphatic hydroxyl groups is 2. The zero-order chi connectivity index (χ0) is 25.7. The van der Waals surface area contributed by atoms with E-state index in [1.807, 2.05) is 20.8 Å². The molecule has 7 unspecified atom stereocenters. The van der Waals surface area contributed by atoms with Gasteiger partial charge in [0.05, 0.1) is 16.7 Å². The minimum atomic E-state index is -2.32. The van der Waals surface area contributed by atoms with E-state index in [1.54, 1.807) is 0 Å². The van der Waals surface area contributed by atoms with Gasteiger partial charge >= 0.3 is 23.9 Å². The first-order valence-corrected chi connectivity index (χ1v) is 11.8. The van der Waals surface area contributed by atoms with E-state index < -0.39 is 99.9 Å². The number of nitrogens with two attached hydrogens (primary N) is 1. The van der Waals surface area contributed by atoms with Crippen LogP contribution >= 0.6 is 12.4 Å². The van der Waals surface area contributed by atoms with Crippen molar-refractivity contribution in [3.05, 3.63) is 0 Å². The van der Waals surface area contributed by atoms with E-state index in [4.69, 9.17) is 29.4 Å². The Bertz CT molecular complexity index is 1090. The van der Waals surface area contributed by atoms with Crippen molar-refractivity contribution in [1.29, 1.82) is 0 Å². The Morgan fingerprint density at radius 3 is 2.39 bits per heavy atom. The zero-order valence-corrected chi connectivity index (χ0v) is 21.2. The topological polar surface area (TPSA) is 181 Å². The molecule has 12 atom stereocenters. The predicted molar refractivity (Wildman–Crippen MR) is 117 cm³/mol. The molecular formula is C23H30ClNO11. The van der Waals surface area contributed by atoms with Gasteiger partial charge in [-0.25, -0.2) is 9.59 Å². The van der Waals surface area contributed by atoms with Gasteiger partial charge in [-0.3, -0.25) is 9.59 Å². The molecule has 6 fully saturated rings. The second kappa shape index (κ2) is 6.90. The summed E-state index contributed by atoms with van der Waals surface area (Å²) in [5, 5.41) is 24.0. The number of hydrogen-bond acceptors (Lipinski definition) is 12. The lowest BCUT2D eigenvalue weighted by molar-refractivity contribution is -0.240. The molecule has 12 nitrogen and oxygen atoms in total. The molecule has 0 aromatic carbocycles. The molecule has 200 valence electrons. The molecule has 4 heterocycles. The third kappa shape index (κ3) is 2.14. The van der Waals surface area contributed by atoms with Gasteiger partial charge in [-0.1, -0.05) is 20.8 Å². The van der Waals surface area contributed by atoms with Crippen molar-refractivity contribution in [2.24, 2.45) is 33.8 Å². The van der Waals surface area contributed by atoms with Gasteiger partial charge in [0, 0.05) is 0 Å². The summed E-state index contributed by atoms with van der Waals surface area (Å²) >= 11 is 0. The highest BCUT2D eigenvalue weighted by atomic mass is 35.5. The maximum absolute atomic E-state index is 13.6. The fraction of sp³-hybridized carbons (Fsp3) is 0.826. The van der Waals surface area contributed by atoms with Crippen LogP contribution in [0.2, 0.25) is 0 Å². The number of aliphatic hydroxyl groups excluding tert-OH is 1. The van der Waals surface area contributed by atoms with Crippen molar-refractivity contribution in [1.82, 2.24) is 0 Å². The molecule has 2 aliphatic carbocycles. The van der Waals surface area contributed by atoms with Gasteiger partial charge in [0.15, 0.2) is 11.7 Å². The summed E-state index contributed by atoms with van der Waals surface area (Å²) < 4.78 is 28.7. The largest absolute Gasteiger partial charge is 0.459 e. The number of carbonyl (C=O) groups excluding carboxylic acids is 4. The Morgan fingerprint density at radius 1 is 1.17 bits per heavy atom. The van der Waals surface area contributed by atoms with E-state index in [2.05, 4.69) is 0 Å². The summed E-state index contributed by atoms with van der Waals surface area (Å²) in [7, 11) is 0. The van der Waals surface area contributed by atoms with E-state index in [0.717, 1.165) is 0 Å². The minimum absolute atomic E-state index is 0. The molecule has 4 saturated heterocycles. The zero-order valence-electron chi connectivity index (χ0n) is 20.4. The Balaban J connectivity index is 0.00000267. The summed E-state index contributed by atoms with van der Waals surface area (Å²) in [5.41, 5.74) is -2.96. The standard InChI is InChI=1S/C23H29NO11.ClH/c1-7-14(26)32-12-11(25)21-10-6-9(19(3,4)5)20(21)13(33-15(27)8(2)24)16(28)34-18(20)35-23(21,17(29)31-10)22(7,12)30;/h7-13,18,25,30H,6,24H2,1-5H3;1H/t7-,8?,9+,10?,11+,12?,13+,18?,20?,21?,22-,23?;/m1./s1. The van der Waals surface area contributed by atoms with Crippen LogP contribution in [0.15, 0.2) is 0 Å². The lowest BCUT2D eigenvalue weighted by Gasteiger charge is -2.48. The van der Waals surface area contributed by atoms with Gasteiger partial charge in [-0.15, -0.1) is 12.4 Å². The van der Waals surface area contributed by atoms with Crippen LogP contribution in [0.3, 0.4) is 0 Å². The Hall–Kier alpha value is -1.99. The lowest BCUT2D eigenvalue weighted by atomic mass is 9.51. The number of fused-ring (bicyclic) bond motifs is 1. The van der Waals surface area contributed by atoms with Gasteiger partial charge in [0.2, 0.25) is 18.0 Å². The van der Waals surface area contributed by atoms with Gasteiger partial charge < -0.3 is 39.6 Å². The van der Waals surface area contributed by atoms with Crippen molar-refractivity contribution in [3.8, 4) is 0 Å². The third-order valence-electron chi connectivity index (χ3n) is 9.57. The molecular weight excluding hydrogens is 502 g/mol. The summed E-state index contributed by atoms with van der Waals surface area (Å²) in [4.78, 5) is 52.1. The highest BCUT2D eigenvalue weighted by molar-refractivity contribution is 5.94. The maximum Gasteiger partial charge on any atom is 0.350 e. The van der Waals surface area contributed by atoms with Crippen molar-refractivity contribution in [2.75, 3.05) is 0 Å². The fourth-order valence-corrected chi connectivity index (χ4v) is 8.46. The molecule has 6 rings (SSSR count). The second-order valence-corrected chi connectivity index (χ2v) is 11.9. The van der Waals surface area contributed by atoms with Gasteiger partial charge in [-0.05, 0) is 31.6 Å². The van der Waals surface area contributed by atoms with E-state index in [0.29, 0.717) is 0 Å². The highest BCUT2D eigenvalue weighted by Gasteiger charge is 3.04. The second-order valence-electron chi connectivity index (χ2n) is 11.9. The van der Waals surface area contributed by atoms with Crippen LogP contribution in [-0.4, -0.2) is 82.0 Å². The number of rotatable bonds is 2. The first kappa shape index (κ1) is 25.7. The molecule has 0 aromatic rings. The third-order valence-corrected chi connectivity index (χ3v) is 9.57. The first-order chi connectivity index (χ1) is 16.1. The SMILES string of the molecule is CC(N)C(=O)O[C@H]1C(=O)OC2OC34C(=O)OC5C[C@@H](C(C)(C)C)C21C53[C@@H](O)C1OC(=O)[C@@H](C)[C@@]14O.Cl. The molecule has 2 spiro atoms. The molecule has 6 aliphatic rings. The van der Waals surface area contributed by atoms with Gasteiger partial charge in [0.1, 0.15) is 18.2 Å². The quantitative estimate of drug-likeness (QED) is 0.291. The molecule has 0 amide bonds. The number of ether oxygens (including phenoxy) is 5. The molecule has 36 heavy (non-hydrogen) atoms. The maximum atomic E-state index is 13.6. The molecule has 0 aromatic heterocycles. The first-order valence-electron chi connectivity index (χ1n) is 11.8. The van der Waals surface area contributed by atoms with Crippen molar-refractivity contribution in [2.45, 2.75) is 89.0 Å². The molecule has 2 saturated carbocycles. The monoisotopic (exact) mass is 531 g/mol. The van der Waals surface area contributed by atoms with Crippen molar-refractivity contribution >= 4 is 36.3 Å². The number of esters is 4. The van der Waals surface area contributed by atoms with E-state index in [1.165, 1.54) is 13.8 Å². The number of halogens is 1. The van der Waals surface area contributed by atoms with Crippen LogP contribution < -0.4 is 5.73 Å². The van der Waals surface area contributed by atoms with E-state index in [9.17, 15) is 29.4 Å². The molecule has 4 N–H and O–H groups in total. The van der Waals surface area contributed by atoms with Crippen LogP contribution in [0.1, 0.15) is 41.0 Å². The smallest absolute Gasteiger partial charge is 0.350 e.